The van der Waals surface area contributed by atoms with Crippen LogP contribution in [-0.2, 0) is 4.74 Å². The molecule has 0 aliphatic heterocycles. The van der Waals surface area contributed by atoms with E-state index >= 15 is 0 Å². The highest BCUT2D eigenvalue weighted by Gasteiger charge is 2.13. The van der Waals surface area contributed by atoms with E-state index in [0.717, 1.165) is 6.54 Å². The SMILES string of the molecule is COC(=O)c1ccc(Cl)c(NC(=O)c2cnc(NCC(C)C)cn2)c1. The van der Waals surface area contributed by atoms with Crippen molar-refractivity contribution in [1.29, 1.82) is 0 Å². The van der Waals surface area contributed by atoms with Crippen molar-refractivity contribution in [2.75, 3.05) is 24.3 Å². The predicted molar refractivity (Wildman–Crippen MR) is 96.1 cm³/mol. The number of anilines is 2. The fourth-order valence-corrected chi connectivity index (χ4v) is 2.06. The van der Waals surface area contributed by atoms with Gasteiger partial charge in [0.25, 0.3) is 5.91 Å². The number of amides is 1. The molecule has 0 fully saturated rings. The molecule has 1 amide bonds. The van der Waals surface area contributed by atoms with Crippen LogP contribution >= 0.6 is 11.6 Å². The zero-order valence-electron chi connectivity index (χ0n) is 14.2. The number of aromatic nitrogens is 2. The number of benzene rings is 1. The fourth-order valence-electron chi connectivity index (χ4n) is 1.90. The lowest BCUT2D eigenvalue weighted by Crippen LogP contribution is -2.16. The molecule has 0 saturated carbocycles. The van der Waals surface area contributed by atoms with Crippen LogP contribution in [0, 0.1) is 5.92 Å². The number of nitrogens with one attached hydrogen (secondary N) is 2. The number of methoxy groups -OCH3 is 1. The van der Waals surface area contributed by atoms with Gasteiger partial charge in [0.05, 0.1) is 35.8 Å². The molecule has 1 aromatic heterocycles. The van der Waals surface area contributed by atoms with E-state index in [1.54, 1.807) is 0 Å². The summed E-state index contributed by atoms with van der Waals surface area (Å²) in [5.74, 6) is 0.0596. The molecule has 1 heterocycles. The topological polar surface area (TPSA) is 93.2 Å². The Morgan fingerprint density at radius 3 is 2.60 bits per heavy atom. The second-order valence-corrected chi connectivity index (χ2v) is 6.11. The van der Waals surface area contributed by atoms with E-state index in [9.17, 15) is 9.59 Å². The van der Waals surface area contributed by atoms with E-state index in [1.165, 1.54) is 37.7 Å². The molecule has 1 aromatic carbocycles. The molecule has 0 spiro atoms. The van der Waals surface area contributed by atoms with Crippen molar-refractivity contribution in [1.82, 2.24) is 9.97 Å². The second kappa shape index (κ2) is 8.43. The van der Waals surface area contributed by atoms with Crippen molar-refractivity contribution < 1.29 is 14.3 Å². The summed E-state index contributed by atoms with van der Waals surface area (Å²) in [4.78, 5) is 32.1. The average molecular weight is 363 g/mol. The largest absolute Gasteiger partial charge is 0.465 e. The van der Waals surface area contributed by atoms with E-state index in [2.05, 4.69) is 39.2 Å². The molecule has 0 aliphatic carbocycles. The number of hydrogen-bond donors (Lipinski definition) is 2. The van der Waals surface area contributed by atoms with Gasteiger partial charge in [-0.05, 0) is 24.1 Å². The van der Waals surface area contributed by atoms with Crippen LogP contribution in [0.1, 0.15) is 34.7 Å². The Morgan fingerprint density at radius 2 is 2.00 bits per heavy atom. The number of ether oxygens (including phenoxy) is 1. The van der Waals surface area contributed by atoms with Gasteiger partial charge >= 0.3 is 5.97 Å². The van der Waals surface area contributed by atoms with E-state index in [1.807, 2.05) is 0 Å². The van der Waals surface area contributed by atoms with Crippen molar-refractivity contribution in [3.63, 3.8) is 0 Å². The molecule has 7 nitrogen and oxygen atoms in total. The predicted octanol–water partition coefficient (Wildman–Crippen LogP) is 3.24. The van der Waals surface area contributed by atoms with Crippen LogP contribution in [0.15, 0.2) is 30.6 Å². The molecule has 0 atom stereocenters. The van der Waals surface area contributed by atoms with Gasteiger partial charge in [-0.25, -0.2) is 14.8 Å². The highest BCUT2D eigenvalue weighted by atomic mass is 35.5. The molecule has 25 heavy (non-hydrogen) atoms. The lowest BCUT2D eigenvalue weighted by molar-refractivity contribution is 0.0600. The molecule has 132 valence electrons. The Balaban J connectivity index is 2.10. The number of carbonyl (C=O) groups is 2. The van der Waals surface area contributed by atoms with Crippen molar-refractivity contribution in [2.45, 2.75) is 13.8 Å². The van der Waals surface area contributed by atoms with Gasteiger partial charge in [0.2, 0.25) is 0 Å². The number of carbonyl (C=O) groups excluding carboxylic acids is 2. The minimum atomic E-state index is -0.521. The van der Waals surface area contributed by atoms with Crippen LogP contribution in [0.5, 0.6) is 0 Å². The Hall–Kier alpha value is -2.67. The van der Waals surface area contributed by atoms with E-state index in [0.29, 0.717) is 22.4 Å². The number of esters is 1. The molecule has 2 N–H and O–H groups in total. The molecule has 0 unspecified atom stereocenters. The van der Waals surface area contributed by atoms with Gasteiger partial charge in [-0.1, -0.05) is 25.4 Å². The van der Waals surface area contributed by atoms with Gasteiger partial charge in [0, 0.05) is 6.54 Å². The minimum absolute atomic E-state index is 0.134. The van der Waals surface area contributed by atoms with E-state index in [4.69, 9.17) is 11.6 Å². The number of hydrogen-bond acceptors (Lipinski definition) is 6. The summed E-state index contributed by atoms with van der Waals surface area (Å²) >= 11 is 6.06. The van der Waals surface area contributed by atoms with Crippen LogP contribution in [0.25, 0.3) is 0 Å². The zero-order chi connectivity index (χ0) is 18.4. The lowest BCUT2D eigenvalue weighted by atomic mass is 10.2. The molecule has 0 radical (unpaired) electrons. The summed E-state index contributed by atoms with van der Waals surface area (Å²) in [6.07, 6.45) is 2.86. The molecule has 2 aromatic rings. The van der Waals surface area contributed by atoms with Gasteiger partial charge in [-0.3, -0.25) is 4.79 Å². The standard InChI is InChI=1S/C17H19ClN4O3/c1-10(2)7-20-15-9-19-14(8-21-15)16(23)22-13-6-11(17(24)25-3)4-5-12(13)18/h4-6,8-10H,7H2,1-3H3,(H,20,21)(H,22,23). The van der Waals surface area contributed by atoms with Crippen LogP contribution in [-0.4, -0.2) is 35.5 Å². The monoisotopic (exact) mass is 362 g/mol. The summed E-state index contributed by atoms with van der Waals surface area (Å²) in [6.45, 7) is 4.92. The Labute approximate surface area is 150 Å². The Bertz CT molecular complexity index is 763. The Morgan fingerprint density at radius 1 is 1.24 bits per heavy atom. The zero-order valence-corrected chi connectivity index (χ0v) is 14.9. The first-order chi connectivity index (χ1) is 11.9. The average Bonchev–Trinajstić information content (AvgIpc) is 2.61. The normalized spacial score (nSPS) is 10.4. The first-order valence-corrected chi connectivity index (χ1v) is 8.03. The summed E-state index contributed by atoms with van der Waals surface area (Å²) in [5, 5.41) is 6.03. The summed E-state index contributed by atoms with van der Waals surface area (Å²) in [7, 11) is 1.28. The molecule has 0 bridgehead atoms. The van der Waals surface area contributed by atoms with Gasteiger partial charge in [-0.2, -0.15) is 0 Å². The number of halogens is 1. The van der Waals surface area contributed by atoms with Crippen molar-refractivity contribution in [3.05, 3.63) is 46.9 Å². The first-order valence-electron chi connectivity index (χ1n) is 7.66. The highest BCUT2D eigenvalue weighted by Crippen LogP contribution is 2.24. The lowest BCUT2D eigenvalue weighted by Gasteiger charge is -2.10. The maximum absolute atomic E-state index is 12.3. The first kappa shape index (κ1) is 18.7. The third kappa shape index (κ3) is 5.15. The maximum atomic E-state index is 12.3. The van der Waals surface area contributed by atoms with E-state index in [-0.39, 0.29) is 11.3 Å². The van der Waals surface area contributed by atoms with Crippen LogP contribution in [0.3, 0.4) is 0 Å². The van der Waals surface area contributed by atoms with Gasteiger partial charge < -0.3 is 15.4 Å². The Kier molecular flexibility index (Phi) is 6.30. The molecular formula is C17H19ClN4O3. The number of rotatable bonds is 6. The quantitative estimate of drug-likeness (QED) is 0.766. The molecule has 2 rings (SSSR count). The van der Waals surface area contributed by atoms with Crippen molar-refractivity contribution in [3.8, 4) is 0 Å². The summed E-state index contributed by atoms with van der Waals surface area (Å²) < 4.78 is 4.65. The van der Waals surface area contributed by atoms with Crippen molar-refractivity contribution in [2.24, 2.45) is 5.92 Å². The van der Waals surface area contributed by atoms with Gasteiger partial charge in [0.1, 0.15) is 11.5 Å². The van der Waals surface area contributed by atoms with Crippen LogP contribution in [0.2, 0.25) is 5.02 Å². The third-order valence-corrected chi connectivity index (χ3v) is 3.54. The maximum Gasteiger partial charge on any atom is 0.337 e. The van der Waals surface area contributed by atoms with E-state index < -0.39 is 11.9 Å². The number of nitrogens with zero attached hydrogens (tertiary/aromatic N) is 2. The van der Waals surface area contributed by atoms with Gasteiger partial charge in [0.15, 0.2) is 0 Å². The third-order valence-electron chi connectivity index (χ3n) is 3.21. The highest BCUT2D eigenvalue weighted by molar-refractivity contribution is 6.34. The second-order valence-electron chi connectivity index (χ2n) is 5.70. The van der Waals surface area contributed by atoms with Crippen molar-refractivity contribution >= 4 is 35.0 Å². The fraction of sp³-hybridized carbons (Fsp3) is 0.294. The minimum Gasteiger partial charge on any atom is -0.465 e. The summed E-state index contributed by atoms with van der Waals surface area (Å²) in [6, 6.07) is 4.46. The summed E-state index contributed by atoms with van der Waals surface area (Å²) in [5.41, 5.74) is 0.703. The smallest absolute Gasteiger partial charge is 0.337 e. The molecular weight excluding hydrogens is 344 g/mol. The van der Waals surface area contributed by atoms with Crippen LogP contribution < -0.4 is 10.6 Å². The molecule has 0 aliphatic rings. The molecule has 8 heteroatoms. The van der Waals surface area contributed by atoms with Crippen LogP contribution in [0.4, 0.5) is 11.5 Å². The van der Waals surface area contributed by atoms with Gasteiger partial charge in [-0.15, -0.1) is 0 Å². The molecule has 0 saturated heterocycles.